The summed E-state index contributed by atoms with van der Waals surface area (Å²) in [5, 5.41) is 8.54. The highest BCUT2D eigenvalue weighted by Gasteiger charge is 2.41. The van der Waals surface area contributed by atoms with Crippen molar-refractivity contribution in [1.82, 2.24) is 9.21 Å². The van der Waals surface area contributed by atoms with Gasteiger partial charge in [-0.1, -0.05) is 0 Å². The lowest BCUT2D eigenvalue weighted by atomic mass is 9.75. The number of hydrogen-bond acceptors (Lipinski definition) is 4. The Morgan fingerprint density at radius 2 is 1.84 bits per heavy atom. The first-order valence-electron chi connectivity index (χ1n) is 6.53. The van der Waals surface area contributed by atoms with E-state index in [1.807, 2.05) is 14.1 Å². The van der Waals surface area contributed by atoms with E-state index in [0.717, 1.165) is 19.3 Å². The molecule has 1 saturated carbocycles. The van der Waals surface area contributed by atoms with Gasteiger partial charge in [-0.15, -0.1) is 0 Å². The normalized spacial score (nSPS) is 18.6. The Bertz CT molecular complexity index is 415. The van der Waals surface area contributed by atoms with Gasteiger partial charge in [0, 0.05) is 25.6 Å². The third kappa shape index (κ3) is 4.15. The van der Waals surface area contributed by atoms with Crippen LogP contribution in [0.5, 0.6) is 0 Å². The molecule has 0 spiro atoms. The molecule has 1 rings (SSSR count). The molecule has 0 unspecified atom stereocenters. The molecule has 112 valence electrons. The van der Waals surface area contributed by atoms with Gasteiger partial charge >= 0.3 is 5.97 Å². The maximum absolute atomic E-state index is 12.1. The Kier molecular flexibility index (Phi) is 5.34. The first kappa shape index (κ1) is 16.4. The van der Waals surface area contributed by atoms with E-state index in [4.69, 9.17) is 5.11 Å². The van der Waals surface area contributed by atoms with E-state index in [-0.39, 0.29) is 24.1 Å². The van der Waals surface area contributed by atoms with Crippen LogP contribution in [0, 0.1) is 0 Å². The molecule has 1 N–H and O–H groups in total. The van der Waals surface area contributed by atoms with Gasteiger partial charge in [0.15, 0.2) is 0 Å². The van der Waals surface area contributed by atoms with E-state index < -0.39 is 16.0 Å². The molecule has 7 heteroatoms. The number of hydrogen-bond donors (Lipinski definition) is 1. The number of carboxylic acid groups (broad SMARTS) is 1. The number of sulfonamides is 1. The number of aliphatic carboxylic acids is 1. The van der Waals surface area contributed by atoms with E-state index in [0.29, 0.717) is 6.54 Å². The van der Waals surface area contributed by atoms with Crippen LogP contribution in [0.1, 0.15) is 32.1 Å². The van der Waals surface area contributed by atoms with Crippen LogP contribution in [0.25, 0.3) is 0 Å². The highest BCUT2D eigenvalue weighted by molar-refractivity contribution is 7.89. The summed E-state index contributed by atoms with van der Waals surface area (Å²) in [6, 6.07) is 0. The van der Waals surface area contributed by atoms with E-state index in [1.54, 1.807) is 7.05 Å². The van der Waals surface area contributed by atoms with Crippen molar-refractivity contribution in [3.8, 4) is 0 Å². The second kappa shape index (κ2) is 6.19. The smallest absolute Gasteiger partial charge is 0.303 e. The highest BCUT2D eigenvalue weighted by atomic mass is 32.2. The Morgan fingerprint density at radius 3 is 2.21 bits per heavy atom. The van der Waals surface area contributed by atoms with E-state index >= 15 is 0 Å². The molecule has 0 aliphatic heterocycles. The molecule has 6 nitrogen and oxygen atoms in total. The fourth-order valence-electron chi connectivity index (χ4n) is 2.41. The van der Waals surface area contributed by atoms with Gasteiger partial charge < -0.3 is 10.0 Å². The summed E-state index contributed by atoms with van der Waals surface area (Å²) < 4.78 is 25.5. The lowest BCUT2D eigenvalue weighted by Crippen LogP contribution is -2.57. The zero-order valence-corrected chi connectivity index (χ0v) is 12.7. The van der Waals surface area contributed by atoms with Crippen LogP contribution in [0.4, 0.5) is 0 Å². The van der Waals surface area contributed by atoms with E-state index in [2.05, 4.69) is 4.90 Å². The van der Waals surface area contributed by atoms with Crippen molar-refractivity contribution in [3.63, 3.8) is 0 Å². The van der Waals surface area contributed by atoms with Crippen LogP contribution in [0.3, 0.4) is 0 Å². The fraction of sp³-hybridized carbons (Fsp3) is 0.917. The predicted octanol–water partition coefficient (Wildman–Crippen LogP) is 0.597. The monoisotopic (exact) mass is 292 g/mol. The molecule has 0 amide bonds. The Morgan fingerprint density at radius 1 is 1.26 bits per heavy atom. The Hall–Kier alpha value is -0.660. The summed E-state index contributed by atoms with van der Waals surface area (Å²) in [4.78, 5) is 12.5. The quantitative estimate of drug-likeness (QED) is 0.709. The summed E-state index contributed by atoms with van der Waals surface area (Å²) in [6.45, 7) is 0.482. The van der Waals surface area contributed by atoms with Gasteiger partial charge in [0.2, 0.25) is 10.0 Å². The molecule has 0 atom stereocenters. The molecule has 0 aromatic rings. The molecule has 19 heavy (non-hydrogen) atoms. The molecule has 0 aromatic carbocycles. The molecular weight excluding hydrogens is 268 g/mol. The maximum Gasteiger partial charge on any atom is 0.303 e. The molecule has 0 aromatic heterocycles. The predicted molar refractivity (Wildman–Crippen MR) is 73.6 cm³/mol. The summed E-state index contributed by atoms with van der Waals surface area (Å²) in [7, 11) is 2.18. The van der Waals surface area contributed by atoms with E-state index in [1.165, 1.54) is 4.31 Å². The van der Waals surface area contributed by atoms with Gasteiger partial charge in [-0.2, -0.15) is 0 Å². The van der Waals surface area contributed by atoms with Crippen molar-refractivity contribution in [2.75, 3.05) is 33.4 Å². The Labute approximate surface area is 115 Å². The first-order valence-corrected chi connectivity index (χ1v) is 8.14. The van der Waals surface area contributed by atoms with Gasteiger partial charge in [-0.3, -0.25) is 4.79 Å². The van der Waals surface area contributed by atoms with Gasteiger partial charge in [0.1, 0.15) is 0 Å². The molecular formula is C12H24N2O4S. The van der Waals surface area contributed by atoms with Crippen molar-refractivity contribution < 1.29 is 18.3 Å². The van der Waals surface area contributed by atoms with Gasteiger partial charge in [-0.25, -0.2) is 12.7 Å². The minimum Gasteiger partial charge on any atom is -0.481 e. The molecule has 0 saturated heterocycles. The lowest BCUT2D eigenvalue weighted by Gasteiger charge is -2.49. The molecule has 1 aliphatic carbocycles. The zero-order chi connectivity index (χ0) is 14.7. The standard InChI is InChI=1S/C12H24N2O4S/c1-13(2)12(7-5-8-12)10-14(3)19(17,18)9-4-6-11(15)16/h4-10H2,1-3H3,(H,15,16). The van der Waals surface area contributed by atoms with Crippen molar-refractivity contribution in [3.05, 3.63) is 0 Å². The van der Waals surface area contributed by atoms with Gasteiger partial charge in [0.05, 0.1) is 5.75 Å². The maximum atomic E-state index is 12.1. The van der Waals surface area contributed by atoms with Crippen molar-refractivity contribution in [2.45, 2.75) is 37.6 Å². The summed E-state index contributed by atoms with van der Waals surface area (Å²) in [6.07, 6.45) is 3.21. The molecule has 0 heterocycles. The SMILES string of the molecule is CN(C)C1(CN(C)S(=O)(=O)CCCC(=O)O)CCC1. The Balaban J connectivity index is 2.56. The number of rotatable bonds is 8. The molecule has 0 radical (unpaired) electrons. The summed E-state index contributed by atoms with van der Waals surface area (Å²) >= 11 is 0. The lowest BCUT2D eigenvalue weighted by molar-refractivity contribution is -0.137. The van der Waals surface area contributed by atoms with Crippen LogP contribution < -0.4 is 0 Å². The second-order valence-corrected chi connectivity index (χ2v) is 7.74. The summed E-state index contributed by atoms with van der Waals surface area (Å²) in [5.74, 6) is -1.05. The van der Waals surface area contributed by atoms with Crippen LogP contribution >= 0.6 is 0 Å². The van der Waals surface area contributed by atoms with Crippen LogP contribution in [0.2, 0.25) is 0 Å². The summed E-state index contributed by atoms with van der Waals surface area (Å²) in [5.41, 5.74) is -0.0470. The fourth-order valence-corrected chi connectivity index (χ4v) is 3.66. The third-order valence-corrected chi connectivity index (χ3v) is 5.90. The van der Waals surface area contributed by atoms with Gasteiger partial charge in [0.25, 0.3) is 0 Å². The molecule has 1 fully saturated rings. The van der Waals surface area contributed by atoms with Crippen molar-refractivity contribution in [2.24, 2.45) is 0 Å². The topological polar surface area (TPSA) is 77.9 Å². The van der Waals surface area contributed by atoms with E-state index in [9.17, 15) is 13.2 Å². The van der Waals surface area contributed by atoms with Gasteiger partial charge in [-0.05, 0) is 39.8 Å². The number of carboxylic acids is 1. The number of nitrogens with zero attached hydrogens (tertiary/aromatic N) is 2. The first-order chi connectivity index (χ1) is 8.69. The molecule has 0 bridgehead atoms. The highest BCUT2D eigenvalue weighted by Crippen LogP contribution is 2.37. The minimum atomic E-state index is -3.36. The minimum absolute atomic E-state index is 0.0470. The number of likely N-dealkylation sites (N-methyl/N-ethyl adjacent to an activating group) is 2. The zero-order valence-electron chi connectivity index (χ0n) is 11.9. The van der Waals surface area contributed by atoms with Crippen molar-refractivity contribution >= 4 is 16.0 Å². The van der Waals surface area contributed by atoms with Crippen LogP contribution in [0.15, 0.2) is 0 Å². The second-order valence-electron chi connectivity index (χ2n) is 5.54. The third-order valence-electron chi connectivity index (χ3n) is 4.02. The average Bonchev–Trinajstić information content (AvgIpc) is 2.21. The van der Waals surface area contributed by atoms with Crippen LogP contribution in [-0.2, 0) is 14.8 Å². The average molecular weight is 292 g/mol. The number of carbonyl (C=O) groups is 1. The largest absolute Gasteiger partial charge is 0.481 e. The van der Waals surface area contributed by atoms with Crippen molar-refractivity contribution in [1.29, 1.82) is 0 Å². The molecule has 1 aliphatic rings. The van der Waals surface area contributed by atoms with Crippen LogP contribution in [-0.4, -0.2) is 67.7 Å².